The molecule has 0 aromatic heterocycles. The smallest absolute Gasteiger partial charge is 0.410 e. The van der Waals surface area contributed by atoms with Crippen molar-refractivity contribution in [1.29, 1.82) is 0 Å². The van der Waals surface area contributed by atoms with Gasteiger partial charge in [0.05, 0.1) is 11.6 Å². The molecule has 1 amide bonds. The van der Waals surface area contributed by atoms with Crippen molar-refractivity contribution in [3.05, 3.63) is 35.6 Å². The zero-order valence-electron chi connectivity index (χ0n) is 11.8. The van der Waals surface area contributed by atoms with E-state index in [9.17, 15) is 14.3 Å². The fourth-order valence-corrected chi connectivity index (χ4v) is 4.56. The van der Waals surface area contributed by atoms with Gasteiger partial charge in [-0.3, -0.25) is 10.3 Å². The summed E-state index contributed by atoms with van der Waals surface area (Å²) in [5.41, 5.74) is -0.463. The predicted octanol–water partition coefficient (Wildman–Crippen LogP) is 2.55. The number of aliphatic hydroxyl groups excluding tert-OH is 1. The highest BCUT2D eigenvalue weighted by Crippen LogP contribution is 2.49. The Morgan fingerprint density at radius 3 is 2.91 bits per heavy atom. The molecule has 0 saturated heterocycles. The van der Waals surface area contributed by atoms with E-state index in [4.69, 9.17) is 5.11 Å². The van der Waals surface area contributed by atoms with Crippen molar-refractivity contribution < 1.29 is 19.4 Å². The third-order valence-corrected chi connectivity index (χ3v) is 5.38. The van der Waals surface area contributed by atoms with Crippen LogP contribution in [0.2, 0.25) is 0 Å². The van der Waals surface area contributed by atoms with Crippen molar-refractivity contribution in [3.8, 4) is 0 Å². The Labute approximate surface area is 131 Å². The van der Waals surface area contributed by atoms with Gasteiger partial charge in [-0.1, -0.05) is 30.0 Å². The zero-order chi connectivity index (χ0) is 15.7. The van der Waals surface area contributed by atoms with Crippen LogP contribution in [0.4, 0.5) is 9.18 Å². The molecule has 1 aliphatic heterocycles. The summed E-state index contributed by atoms with van der Waals surface area (Å²) < 4.78 is 14.4. The van der Waals surface area contributed by atoms with E-state index < -0.39 is 17.7 Å². The summed E-state index contributed by atoms with van der Waals surface area (Å²) in [6.45, 7) is 0. The van der Waals surface area contributed by atoms with Gasteiger partial charge in [0.25, 0.3) is 0 Å². The molecule has 0 spiro atoms. The summed E-state index contributed by atoms with van der Waals surface area (Å²) in [4.78, 5) is 15.4. The van der Waals surface area contributed by atoms with Crippen LogP contribution < -0.4 is 5.32 Å². The first-order valence-corrected chi connectivity index (χ1v) is 8.15. The second-order valence-corrected chi connectivity index (χ2v) is 6.70. The number of hydrogen-bond acceptors (Lipinski definition) is 4. The third kappa shape index (κ3) is 2.70. The van der Waals surface area contributed by atoms with E-state index in [1.54, 1.807) is 18.2 Å². The maximum atomic E-state index is 14.4. The van der Waals surface area contributed by atoms with E-state index in [2.05, 4.69) is 10.3 Å². The molecule has 1 saturated carbocycles. The van der Waals surface area contributed by atoms with E-state index >= 15 is 0 Å². The van der Waals surface area contributed by atoms with Crippen molar-refractivity contribution >= 4 is 23.0 Å². The van der Waals surface area contributed by atoms with Gasteiger partial charge in [-0.05, 0) is 24.8 Å². The molecule has 1 aromatic rings. The van der Waals surface area contributed by atoms with Crippen molar-refractivity contribution in [1.82, 2.24) is 5.32 Å². The number of rotatable bonds is 1. The van der Waals surface area contributed by atoms with Gasteiger partial charge in [0.2, 0.25) is 0 Å². The van der Waals surface area contributed by atoms with Crippen LogP contribution in [0, 0.1) is 11.7 Å². The molecule has 0 bridgehead atoms. The van der Waals surface area contributed by atoms with Crippen LogP contribution in [0.1, 0.15) is 24.8 Å². The van der Waals surface area contributed by atoms with E-state index in [-0.39, 0.29) is 16.9 Å². The summed E-state index contributed by atoms with van der Waals surface area (Å²) in [7, 11) is 0. The van der Waals surface area contributed by atoms with Crippen molar-refractivity contribution in [2.75, 3.05) is 5.75 Å². The largest absolute Gasteiger partial charge is 0.465 e. The normalized spacial score (nSPS) is 31.1. The number of carboxylic acid groups (broad SMARTS) is 1. The summed E-state index contributed by atoms with van der Waals surface area (Å²) in [6.07, 6.45) is -0.0341. The van der Waals surface area contributed by atoms with E-state index in [1.807, 2.05) is 0 Å². The van der Waals surface area contributed by atoms with Crippen LogP contribution in [-0.4, -0.2) is 33.3 Å². The predicted molar refractivity (Wildman–Crippen MR) is 82.5 cm³/mol. The molecule has 0 radical (unpaired) electrons. The minimum absolute atomic E-state index is 0.0807. The molecular weight excluding hydrogens is 307 g/mol. The minimum atomic E-state index is -1.19. The highest BCUT2D eigenvalue weighted by molar-refractivity contribution is 8.13. The highest BCUT2D eigenvalue weighted by Gasteiger charge is 2.48. The highest BCUT2D eigenvalue weighted by atomic mass is 32.2. The fraction of sp³-hybridized carbons (Fsp3) is 0.467. The Balaban J connectivity index is 2.10. The number of thioether (sulfide) groups is 1. The lowest BCUT2D eigenvalue weighted by Gasteiger charge is -2.46. The number of aliphatic imine (C=N–C) groups is 1. The quantitative estimate of drug-likeness (QED) is 0.741. The number of halogens is 1. The van der Waals surface area contributed by atoms with Crippen molar-refractivity contribution in [2.45, 2.75) is 30.9 Å². The summed E-state index contributed by atoms with van der Waals surface area (Å²) >= 11 is 1.33. The number of nitrogens with one attached hydrogen (secondary N) is 1. The standard InChI is InChI=1S/C15H17FN2O3S/c16-12-4-2-1-3-11(12)15-7-10(19)6-5-9(15)8-22-13(18-15)17-14(20)21/h1-4,9-10,19H,5-8H2,(H,17,18)(H,20,21). The van der Waals surface area contributed by atoms with Gasteiger partial charge in [0.1, 0.15) is 5.82 Å². The SMILES string of the molecule is O=C(O)NC1=NC2(c3ccccc3F)CC(O)CCC2CS1. The Morgan fingerprint density at radius 2 is 2.18 bits per heavy atom. The molecule has 3 N–H and O–H groups in total. The Bertz CT molecular complexity index is 625. The number of nitrogens with zero attached hydrogens (tertiary/aromatic N) is 1. The lowest BCUT2D eigenvalue weighted by atomic mass is 9.68. The van der Waals surface area contributed by atoms with E-state index in [1.165, 1.54) is 17.8 Å². The number of aliphatic hydroxyl groups is 1. The molecule has 1 aliphatic carbocycles. The zero-order valence-corrected chi connectivity index (χ0v) is 12.6. The maximum Gasteiger partial charge on any atom is 0.410 e. The van der Waals surface area contributed by atoms with Crippen LogP contribution in [0.3, 0.4) is 0 Å². The van der Waals surface area contributed by atoms with Crippen LogP contribution in [0.5, 0.6) is 0 Å². The average Bonchev–Trinajstić information content (AvgIpc) is 2.46. The molecule has 118 valence electrons. The lowest BCUT2D eigenvalue weighted by molar-refractivity contribution is 0.0559. The Kier molecular flexibility index (Phi) is 4.10. The van der Waals surface area contributed by atoms with Gasteiger partial charge in [0, 0.05) is 17.7 Å². The molecule has 1 heterocycles. The monoisotopic (exact) mass is 324 g/mol. The number of hydrogen-bond donors (Lipinski definition) is 3. The summed E-state index contributed by atoms with van der Waals surface area (Å²) in [5.74, 6) is 0.365. The molecule has 1 fully saturated rings. The summed E-state index contributed by atoms with van der Waals surface area (Å²) in [5, 5.41) is 21.5. The topological polar surface area (TPSA) is 81.9 Å². The van der Waals surface area contributed by atoms with Gasteiger partial charge in [-0.2, -0.15) is 0 Å². The van der Waals surface area contributed by atoms with Gasteiger partial charge in [-0.25, -0.2) is 9.18 Å². The molecular formula is C15H17FN2O3S. The Morgan fingerprint density at radius 1 is 1.41 bits per heavy atom. The molecule has 7 heteroatoms. The van der Waals surface area contributed by atoms with E-state index in [0.29, 0.717) is 24.2 Å². The first-order valence-electron chi connectivity index (χ1n) is 7.17. The first kappa shape index (κ1) is 15.3. The van der Waals surface area contributed by atoms with Crippen LogP contribution in [0.15, 0.2) is 29.3 Å². The second-order valence-electron chi connectivity index (χ2n) is 5.69. The van der Waals surface area contributed by atoms with Crippen molar-refractivity contribution in [3.63, 3.8) is 0 Å². The molecule has 5 nitrogen and oxygen atoms in total. The average molecular weight is 324 g/mol. The minimum Gasteiger partial charge on any atom is -0.465 e. The van der Waals surface area contributed by atoms with Crippen LogP contribution in [0.25, 0.3) is 0 Å². The summed E-state index contributed by atoms with van der Waals surface area (Å²) in [6, 6.07) is 6.41. The first-order chi connectivity index (χ1) is 10.5. The lowest BCUT2D eigenvalue weighted by Crippen LogP contribution is -2.47. The number of amides is 1. The second kappa shape index (κ2) is 5.89. The maximum absolute atomic E-state index is 14.4. The van der Waals surface area contributed by atoms with Crippen LogP contribution in [-0.2, 0) is 5.54 Å². The van der Waals surface area contributed by atoms with E-state index in [0.717, 1.165) is 6.42 Å². The van der Waals surface area contributed by atoms with Gasteiger partial charge in [0.15, 0.2) is 5.17 Å². The molecule has 3 atom stereocenters. The number of carbonyl (C=O) groups is 1. The third-order valence-electron chi connectivity index (χ3n) is 4.35. The molecule has 3 unspecified atom stereocenters. The van der Waals surface area contributed by atoms with Crippen molar-refractivity contribution in [2.24, 2.45) is 10.9 Å². The van der Waals surface area contributed by atoms with Gasteiger partial charge < -0.3 is 10.2 Å². The fourth-order valence-electron chi connectivity index (χ4n) is 3.37. The van der Waals surface area contributed by atoms with Crippen LogP contribution >= 0.6 is 11.8 Å². The molecule has 2 aliphatic rings. The molecule has 3 rings (SSSR count). The van der Waals surface area contributed by atoms with Gasteiger partial charge >= 0.3 is 6.09 Å². The number of benzene rings is 1. The molecule has 22 heavy (non-hydrogen) atoms. The van der Waals surface area contributed by atoms with Gasteiger partial charge in [-0.15, -0.1) is 0 Å². The number of fused-ring (bicyclic) bond motifs is 1. The Hall–Kier alpha value is -1.60. The molecule has 1 aromatic carbocycles. The number of amidine groups is 1.